The van der Waals surface area contributed by atoms with E-state index < -0.39 is 10.0 Å². The molecule has 6 nitrogen and oxygen atoms in total. The maximum Gasteiger partial charge on any atom is 0.246 e. The molecule has 1 aromatic heterocycles. The molecule has 2 fully saturated rings. The number of hydrogen-bond donors (Lipinski definition) is 0. The van der Waals surface area contributed by atoms with Gasteiger partial charge < -0.3 is 4.74 Å². The van der Waals surface area contributed by atoms with Gasteiger partial charge in [-0.05, 0) is 25.7 Å². The number of aromatic nitrogens is 2. The van der Waals surface area contributed by atoms with E-state index in [4.69, 9.17) is 4.74 Å². The van der Waals surface area contributed by atoms with E-state index in [2.05, 4.69) is 5.10 Å². The van der Waals surface area contributed by atoms with Crippen molar-refractivity contribution in [1.29, 1.82) is 0 Å². The van der Waals surface area contributed by atoms with Crippen LogP contribution in [0.4, 0.5) is 0 Å². The lowest BCUT2D eigenvalue weighted by molar-refractivity contribution is 0.105. The molecular weight excluding hydrogens is 290 g/mol. The monoisotopic (exact) mass is 313 g/mol. The number of ether oxygens (including phenoxy) is 1. The Labute approximate surface area is 126 Å². The van der Waals surface area contributed by atoms with E-state index in [0.717, 1.165) is 38.8 Å². The van der Waals surface area contributed by atoms with E-state index in [9.17, 15) is 8.42 Å². The second-order valence-corrected chi connectivity index (χ2v) is 8.12. The number of sulfonamides is 1. The van der Waals surface area contributed by atoms with Crippen LogP contribution < -0.4 is 0 Å². The van der Waals surface area contributed by atoms with Crippen molar-refractivity contribution < 1.29 is 13.2 Å². The van der Waals surface area contributed by atoms with Crippen LogP contribution >= 0.6 is 0 Å². The Balaban J connectivity index is 1.80. The number of nitrogens with zero attached hydrogens (tertiary/aromatic N) is 3. The average molecular weight is 313 g/mol. The zero-order valence-electron chi connectivity index (χ0n) is 12.5. The molecule has 1 atom stereocenters. The first kappa shape index (κ1) is 15.0. The highest BCUT2D eigenvalue weighted by molar-refractivity contribution is 7.89. The van der Waals surface area contributed by atoms with Gasteiger partial charge in [0.2, 0.25) is 10.0 Å². The predicted molar refractivity (Wildman–Crippen MR) is 78.4 cm³/mol. The molecule has 1 aromatic rings. The van der Waals surface area contributed by atoms with Gasteiger partial charge in [0.05, 0.1) is 12.8 Å². The van der Waals surface area contributed by atoms with Gasteiger partial charge in [-0.2, -0.15) is 9.40 Å². The predicted octanol–water partition coefficient (Wildman–Crippen LogP) is 1.48. The standard InChI is InChI=1S/C14H23N3O3S/c1-2-6-16-10-13(9-15-16)21(18,19)17-7-3-4-14(11-17)5-8-20-12-14/h9-10H,2-8,11-12H2,1H3. The molecule has 1 spiro atoms. The summed E-state index contributed by atoms with van der Waals surface area (Å²) < 4.78 is 34.4. The minimum Gasteiger partial charge on any atom is -0.381 e. The van der Waals surface area contributed by atoms with Crippen molar-refractivity contribution in [3.63, 3.8) is 0 Å². The van der Waals surface area contributed by atoms with E-state index in [-0.39, 0.29) is 5.41 Å². The third-order valence-corrected chi connectivity index (χ3v) is 6.31. The van der Waals surface area contributed by atoms with E-state index >= 15 is 0 Å². The third-order valence-electron chi connectivity index (χ3n) is 4.51. The second kappa shape index (κ2) is 5.70. The Morgan fingerprint density at radius 2 is 2.29 bits per heavy atom. The van der Waals surface area contributed by atoms with Crippen LogP contribution in [0.3, 0.4) is 0 Å². The average Bonchev–Trinajstić information content (AvgIpc) is 3.10. The summed E-state index contributed by atoms with van der Waals surface area (Å²) in [5.41, 5.74) is 0.0325. The van der Waals surface area contributed by atoms with Gasteiger partial charge in [-0.1, -0.05) is 6.92 Å². The Morgan fingerprint density at radius 1 is 1.43 bits per heavy atom. The van der Waals surface area contributed by atoms with E-state index in [1.165, 1.54) is 6.20 Å². The lowest BCUT2D eigenvalue weighted by atomic mass is 9.80. The third kappa shape index (κ3) is 2.86. The Morgan fingerprint density at radius 3 is 3.00 bits per heavy atom. The minimum absolute atomic E-state index is 0.0325. The zero-order valence-corrected chi connectivity index (χ0v) is 13.3. The maximum atomic E-state index is 12.8. The molecule has 7 heteroatoms. The fraction of sp³-hybridized carbons (Fsp3) is 0.786. The fourth-order valence-electron chi connectivity index (χ4n) is 3.32. The summed E-state index contributed by atoms with van der Waals surface area (Å²) in [5, 5.41) is 4.14. The summed E-state index contributed by atoms with van der Waals surface area (Å²) in [5.74, 6) is 0. The van der Waals surface area contributed by atoms with Gasteiger partial charge >= 0.3 is 0 Å². The van der Waals surface area contributed by atoms with Crippen LogP contribution in [-0.4, -0.2) is 48.8 Å². The zero-order chi connectivity index (χ0) is 14.9. The number of rotatable bonds is 4. The highest BCUT2D eigenvalue weighted by Gasteiger charge is 2.42. The molecule has 0 aliphatic carbocycles. The maximum absolute atomic E-state index is 12.8. The van der Waals surface area contributed by atoms with Crippen molar-refractivity contribution in [2.45, 2.75) is 44.0 Å². The van der Waals surface area contributed by atoms with Crippen LogP contribution in [0, 0.1) is 5.41 Å². The van der Waals surface area contributed by atoms with Gasteiger partial charge in [-0.25, -0.2) is 8.42 Å². The largest absolute Gasteiger partial charge is 0.381 e. The highest BCUT2D eigenvalue weighted by Crippen LogP contribution is 2.39. The van der Waals surface area contributed by atoms with Crippen molar-refractivity contribution in [3.05, 3.63) is 12.4 Å². The molecule has 2 aliphatic heterocycles. The van der Waals surface area contributed by atoms with Crippen LogP contribution in [0.1, 0.15) is 32.6 Å². The molecule has 118 valence electrons. The van der Waals surface area contributed by atoms with Gasteiger partial charge in [-0.15, -0.1) is 0 Å². The molecule has 21 heavy (non-hydrogen) atoms. The normalized spacial score (nSPS) is 27.5. The fourth-order valence-corrected chi connectivity index (χ4v) is 4.86. The first-order chi connectivity index (χ1) is 10.1. The molecule has 0 N–H and O–H groups in total. The molecule has 0 amide bonds. The van der Waals surface area contributed by atoms with Crippen LogP contribution in [-0.2, 0) is 21.3 Å². The lowest BCUT2D eigenvalue weighted by Crippen LogP contribution is -2.46. The summed E-state index contributed by atoms with van der Waals surface area (Å²) >= 11 is 0. The van der Waals surface area contributed by atoms with Gasteiger partial charge in [0, 0.05) is 37.9 Å². The molecule has 2 aliphatic rings. The van der Waals surface area contributed by atoms with Crippen molar-refractivity contribution >= 4 is 10.0 Å². The molecule has 0 radical (unpaired) electrons. The van der Waals surface area contributed by atoms with Crippen LogP contribution in [0.2, 0.25) is 0 Å². The van der Waals surface area contributed by atoms with E-state index in [1.807, 2.05) is 6.92 Å². The van der Waals surface area contributed by atoms with Gasteiger partial charge in [0.15, 0.2) is 0 Å². The quantitative estimate of drug-likeness (QED) is 0.844. The minimum atomic E-state index is -3.43. The van der Waals surface area contributed by atoms with Crippen molar-refractivity contribution in [3.8, 4) is 0 Å². The second-order valence-electron chi connectivity index (χ2n) is 6.18. The summed E-state index contributed by atoms with van der Waals surface area (Å²) in [6.07, 6.45) is 6.99. The highest BCUT2D eigenvalue weighted by atomic mass is 32.2. The Kier molecular flexibility index (Phi) is 4.07. The lowest BCUT2D eigenvalue weighted by Gasteiger charge is -2.38. The molecule has 0 aromatic carbocycles. The van der Waals surface area contributed by atoms with Crippen molar-refractivity contribution in [2.75, 3.05) is 26.3 Å². The number of piperidine rings is 1. The SMILES string of the molecule is CCCn1cc(S(=O)(=O)N2CCCC3(CCOC3)C2)cn1. The molecule has 1 unspecified atom stereocenters. The van der Waals surface area contributed by atoms with Gasteiger partial charge in [0.25, 0.3) is 0 Å². The molecule has 3 rings (SSSR count). The first-order valence-corrected chi connectivity index (χ1v) is 9.10. The van der Waals surface area contributed by atoms with Crippen molar-refractivity contribution in [1.82, 2.24) is 14.1 Å². The molecule has 0 bridgehead atoms. The van der Waals surface area contributed by atoms with E-state index in [1.54, 1.807) is 15.2 Å². The van der Waals surface area contributed by atoms with Gasteiger partial charge in [0.1, 0.15) is 4.90 Å². The summed E-state index contributed by atoms with van der Waals surface area (Å²) in [4.78, 5) is 0.312. The Hall–Kier alpha value is -0.920. The smallest absolute Gasteiger partial charge is 0.246 e. The molecule has 0 saturated carbocycles. The van der Waals surface area contributed by atoms with Crippen LogP contribution in [0.15, 0.2) is 17.3 Å². The topological polar surface area (TPSA) is 64.4 Å². The van der Waals surface area contributed by atoms with E-state index in [0.29, 0.717) is 24.6 Å². The number of hydrogen-bond acceptors (Lipinski definition) is 4. The first-order valence-electron chi connectivity index (χ1n) is 7.66. The molecule has 2 saturated heterocycles. The van der Waals surface area contributed by atoms with Crippen molar-refractivity contribution in [2.24, 2.45) is 5.41 Å². The molecular formula is C14H23N3O3S. The van der Waals surface area contributed by atoms with Gasteiger partial charge in [-0.3, -0.25) is 4.68 Å². The van der Waals surface area contributed by atoms with Crippen LogP contribution in [0.5, 0.6) is 0 Å². The molecule has 3 heterocycles. The summed E-state index contributed by atoms with van der Waals surface area (Å²) in [6.45, 7) is 5.41. The summed E-state index contributed by atoms with van der Waals surface area (Å²) in [7, 11) is -3.43. The Bertz CT molecular complexity index is 590. The number of aryl methyl sites for hydroxylation is 1. The van der Waals surface area contributed by atoms with Crippen LogP contribution in [0.25, 0.3) is 0 Å². The summed E-state index contributed by atoms with van der Waals surface area (Å²) in [6, 6.07) is 0.